The Balaban J connectivity index is 1.33. The van der Waals surface area contributed by atoms with Gasteiger partial charge in [0.25, 0.3) is 0 Å². The van der Waals surface area contributed by atoms with E-state index < -0.39 is 0 Å². The summed E-state index contributed by atoms with van der Waals surface area (Å²) in [6, 6.07) is 49.0. The van der Waals surface area contributed by atoms with Crippen LogP contribution in [0.2, 0.25) is 0 Å². The Morgan fingerprint density at radius 3 is 1.38 bits per heavy atom. The zero-order chi connectivity index (χ0) is 31.5. The summed E-state index contributed by atoms with van der Waals surface area (Å²) in [6.45, 7) is 4.15. The molecule has 0 spiro atoms. The third kappa shape index (κ3) is 4.54. The second kappa shape index (κ2) is 11.0. The number of thiophene rings is 1. The minimum atomic E-state index is 1.04. The fourth-order valence-electron chi connectivity index (χ4n) is 7.23. The molecule has 9 rings (SSSR count). The van der Waals surface area contributed by atoms with Gasteiger partial charge in [-0.05, 0) is 99.1 Å². The summed E-state index contributed by atoms with van der Waals surface area (Å²) < 4.78 is 2.63. The smallest absolute Gasteiger partial charge is 0.0450 e. The molecule has 3 heterocycles. The molecule has 0 aliphatic rings. The molecule has 3 aromatic heterocycles. The Morgan fingerprint density at radius 2 is 0.851 bits per heavy atom. The van der Waals surface area contributed by atoms with Crippen LogP contribution in [-0.4, -0.2) is 9.97 Å². The number of hydrogen-bond acceptors (Lipinski definition) is 3. The van der Waals surface area contributed by atoms with E-state index in [0.717, 1.165) is 11.4 Å². The molecule has 3 heteroatoms. The molecule has 222 valence electrons. The summed E-state index contributed by atoms with van der Waals surface area (Å²) in [4.78, 5) is 9.06. The summed E-state index contributed by atoms with van der Waals surface area (Å²) in [5, 5.41) is 7.68. The van der Waals surface area contributed by atoms with Gasteiger partial charge in [0.1, 0.15) is 0 Å². The molecule has 6 aromatic carbocycles. The first-order valence-corrected chi connectivity index (χ1v) is 16.8. The van der Waals surface area contributed by atoms with Crippen LogP contribution in [0.15, 0.2) is 146 Å². The zero-order valence-electron chi connectivity index (χ0n) is 26.2. The second-order valence-corrected chi connectivity index (χ2v) is 13.3. The van der Waals surface area contributed by atoms with Crippen molar-refractivity contribution in [2.45, 2.75) is 13.8 Å². The maximum absolute atomic E-state index is 4.53. The molecule has 0 saturated carbocycles. The van der Waals surface area contributed by atoms with Crippen LogP contribution in [-0.2, 0) is 0 Å². The zero-order valence-corrected chi connectivity index (χ0v) is 27.0. The first-order valence-electron chi connectivity index (χ1n) is 16.0. The van der Waals surface area contributed by atoms with Gasteiger partial charge in [-0.25, -0.2) is 0 Å². The number of hydrogen-bond donors (Lipinski definition) is 0. The SMILES string of the molecule is Cc1ncccc1-c1ccc(-c2c3ccccc3c(-c3ccc(-c4cccnc4C)cc3)c3cc4c(cc23)sc2ccccc24)cc1. The third-order valence-corrected chi connectivity index (χ3v) is 10.6. The van der Waals surface area contributed by atoms with Gasteiger partial charge in [-0.3, -0.25) is 9.97 Å². The highest BCUT2D eigenvalue weighted by molar-refractivity contribution is 7.25. The summed E-state index contributed by atoms with van der Waals surface area (Å²) in [6.07, 6.45) is 3.71. The monoisotopic (exact) mass is 618 g/mol. The minimum absolute atomic E-state index is 1.04. The van der Waals surface area contributed by atoms with E-state index in [0.29, 0.717) is 0 Å². The lowest BCUT2D eigenvalue weighted by Crippen LogP contribution is -1.92. The highest BCUT2D eigenvalue weighted by Gasteiger charge is 2.19. The highest BCUT2D eigenvalue weighted by Crippen LogP contribution is 2.47. The standard InChI is InChI=1S/C44H30N2S/c1-27-33(12-7-23-45-27)29-15-19-31(20-16-29)43-36-10-3-4-11-37(36)44(32-21-17-30(18-22-32)34-13-8-24-46-28(34)2)40-26-42-38(25-39(40)43)35-9-5-6-14-41(35)47-42/h3-26H,1-2H3. The molecule has 0 unspecified atom stereocenters. The highest BCUT2D eigenvalue weighted by atomic mass is 32.1. The van der Waals surface area contributed by atoms with Gasteiger partial charge in [0.05, 0.1) is 0 Å². The summed E-state index contributed by atoms with van der Waals surface area (Å²) in [5.41, 5.74) is 11.7. The van der Waals surface area contributed by atoms with Crippen molar-refractivity contribution >= 4 is 53.1 Å². The molecule has 2 nitrogen and oxygen atoms in total. The van der Waals surface area contributed by atoms with Crippen LogP contribution in [0.25, 0.3) is 86.2 Å². The van der Waals surface area contributed by atoms with Crippen LogP contribution in [0.1, 0.15) is 11.4 Å². The van der Waals surface area contributed by atoms with Crippen molar-refractivity contribution in [2.24, 2.45) is 0 Å². The number of nitrogens with zero attached hydrogens (tertiary/aromatic N) is 2. The van der Waals surface area contributed by atoms with Crippen LogP contribution in [0, 0.1) is 13.8 Å². The largest absolute Gasteiger partial charge is 0.261 e. The van der Waals surface area contributed by atoms with Gasteiger partial charge in [-0.15, -0.1) is 11.3 Å². The molecule has 0 amide bonds. The van der Waals surface area contributed by atoms with E-state index in [9.17, 15) is 0 Å². The molecular weight excluding hydrogens is 589 g/mol. The lowest BCUT2D eigenvalue weighted by atomic mass is 9.85. The maximum atomic E-state index is 4.53. The van der Waals surface area contributed by atoms with E-state index in [-0.39, 0.29) is 0 Å². The molecule has 0 atom stereocenters. The van der Waals surface area contributed by atoms with E-state index in [1.165, 1.54) is 86.2 Å². The van der Waals surface area contributed by atoms with Crippen LogP contribution < -0.4 is 0 Å². The van der Waals surface area contributed by atoms with Crippen molar-refractivity contribution in [3.63, 3.8) is 0 Å². The molecule has 0 radical (unpaired) electrons. The Labute approximate surface area is 277 Å². The predicted molar refractivity (Wildman–Crippen MR) is 201 cm³/mol. The Morgan fingerprint density at radius 1 is 0.383 bits per heavy atom. The molecule has 9 aromatic rings. The summed E-state index contributed by atoms with van der Waals surface area (Å²) >= 11 is 1.88. The third-order valence-electron chi connectivity index (χ3n) is 9.50. The fourth-order valence-corrected chi connectivity index (χ4v) is 8.36. The van der Waals surface area contributed by atoms with Crippen molar-refractivity contribution in [3.05, 3.63) is 157 Å². The maximum Gasteiger partial charge on any atom is 0.0450 e. The molecule has 0 N–H and O–H groups in total. The van der Waals surface area contributed by atoms with Crippen LogP contribution >= 0.6 is 11.3 Å². The summed E-state index contributed by atoms with van der Waals surface area (Å²) in [5.74, 6) is 0. The van der Waals surface area contributed by atoms with E-state index in [4.69, 9.17) is 0 Å². The molecule has 0 saturated heterocycles. The van der Waals surface area contributed by atoms with Gasteiger partial charge in [0.15, 0.2) is 0 Å². The van der Waals surface area contributed by atoms with Gasteiger partial charge in [0.2, 0.25) is 0 Å². The first kappa shape index (κ1) is 27.7. The van der Waals surface area contributed by atoms with Crippen molar-refractivity contribution in [1.29, 1.82) is 0 Å². The Bertz CT molecular complexity index is 2630. The first-order chi connectivity index (χ1) is 23.1. The quantitative estimate of drug-likeness (QED) is 0.183. The lowest BCUT2D eigenvalue weighted by Gasteiger charge is -2.19. The van der Waals surface area contributed by atoms with Gasteiger partial charge >= 0.3 is 0 Å². The average Bonchev–Trinajstić information content (AvgIpc) is 3.48. The van der Waals surface area contributed by atoms with Crippen LogP contribution in [0.4, 0.5) is 0 Å². The van der Waals surface area contributed by atoms with Crippen molar-refractivity contribution in [1.82, 2.24) is 9.97 Å². The number of aromatic nitrogens is 2. The van der Waals surface area contributed by atoms with Gasteiger partial charge < -0.3 is 0 Å². The predicted octanol–water partition coefficient (Wildman–Crippen LogP) is 12.4. The van der Waals surface area contributed by atoms with Crippen LogP contribution in [0.3, 0.4) is 0 Å². The van der Waals surface area contributed by atoms with Gasteiger partial charge in [0, 0.05) is 55.1 Å². The van der Waals surface area contributed by atoms with Crippen LogP contribution in [0.5, 0.6) is 0 Å². The van der Waals surface area contributed by atoms with E-state index in [2.05, 4.69) is 145 Å². The lowest BCUT2D eigenvalue weighted by molar-refractivity contribution is 1.20. The number of rotatable bonds is 4. The minimum Gasteiger partial charge on any atom is -0.261 e. The van der Waals surface area contributed by atoms with Gasteiger partial charge in [-0.2, -0.15) is 0 Å². The van der Waals surface area contributed by atoms with E-state index in [1.807, 2.05) is 35.9 Å². The van der Waals surface area contributed by atoms with Crippen molar-refractivity contribution < 1.29 is 0 Å². The van der Waals surface area contributed by atoms with Crippen molar-refractivity contribution in [3.8, 4) is 44.5 Å². The Hall–Kier alpha value is -5.64. The molecule has 47 heavy (non-hydrogen) atoms. The molecule has 0 fully saturated rings. The molecule has 0 aliphatic carbocycles. The van der Waals surface area contributed by atoms with E-state index in [1.54, 1.807) is 0 Å². The topological polar surface area (TPSA) is 25.8 Å². The normalized spacial score (nSPS) is 11.6. The number of fused-ring (bicyclic) bond motifs is 5. The van der Waals surface area contributed by atoms with Crippen molar-refractivity contribution in [2.75, 3.05) is 0 Å². The average molecular weight is 619 g/mol. The van der Waals surface area contributed by atoms with Gasteiger partial charge in [-0.1, -0.05) is 103 Å². The number of aryl methyl sites for hydroxylation is 2. The molecule has 0 bridgehead atoms. The Kier molecular flexibility index (Phi) is 6.48. The number of pyridine rings is 2. The molecule has 0 aliphatic heterocycles. The molecular formula is C44H30N2S. The summed E-state index contributed by atoms with van der Waals surface area (Å²) in [7, 11) is 0. The number of benzene rings is 6. The second-order valence-electron chi connectivity index (χ2n) is 12.2. The fraction of sp³-hybridized carbons (Fsp3) is 0.0455. The van der Waals surface area contributed by atoms with E-state index >= 15 is 0 Å².